The summed E-state index contributed by atoms with van der Waals surface area (Å²) in [5.41, 5.74) is 6.70. The Morgan fingerprint density at radius 1 is 0.969 bits per heavy atom. The van der Waals surface area contributed by atoms with Crippen molar-refractivity contribution in [2.75, 3.05) is 29.6 Å². The van der Waals surface area contributed by atoms with Crippen molar-refractivity contribution in [3.8, 4) is 0 Å². The maximum absolute atomic E-state index is 15.1. The number of carbonyl (C=O) groups excluding carboxylic acids is 3. The van der Waals surface area contributed by atoms with Gasteiger partial charge in [-0.05, 0) is 36.4 Å². The highest BCUT2D eigenvalue weighted by Crippen LogP contribution is 2.38. The number of fused-ring (bicyclic) bond motifs is 1. The number of carbonyl (C=O) groups is 3. The number of hydrogen-bond donors (Lipinski definition) is 2. The van der Waals surface area contributed by atoms with Crippen LogP contribution >= 0.6 is 11.6 Å². The van der Waals surface area contributed by atoms with Crippen molar-refractivity contribution in [3.05, 3.63) is 82.1 Å². The Morgan fingerprint density at radius 2 is 1.66 bits per heavy atom. The lowest BCUT2D eigenvalue weighted by atomic mass is 10.0. The third kappa shape index (κ3) is 3.44. The molecule has 0 aromatic heterocycles. The number of rotatable bonds is 4. The van der Waals surface area contributed by atoms with Crippen molar-refractivity contribution in [2.45, 2.75) is 0 Å². The number of nitrogens with one attached hydrogen (secondary N) is 1. The molecule has 1 aliphatic rings. The maximum Gasteiger partial charge on any atom is 0.265 e. The predicted molar refractivity (Wildman–Crippen MR) is 121 cm³/mol. The zero-order chi connectivity index (χ0) is 23.2. The van der Waals surface area contributed by atoms with Gasteiger partial charge in [0, 0.05) is 19.8 Å². The largest absolute Gasteiger partial charge is 0.397 e. The van der Waals surface area contributed by atoms with Gasteiger partial charge in [0.05, 0.1) is 38.8 Å². The molecule has 0 saturated carbocycles. The molecule has 1 heterocycles. The van der Waals surface area contributed by atoms with Crippen LogP contribution in [0.4, 0.5) is 27.1 Å². The average molecular weight is 453 g/mol. The van der Waals surface area contributed by atoms with Crippen LogP contribution in [0.25, 0.3) is 0 Å². The zero-order valence-electron chi connectivity index (χ0n) is 17.1. The highest BCUT2D eigenvalue weighted by Gasteiger charge is 2.35. The van der Waals surface area contributed by atoms with Gasteiger partial charge in [-0.25, -0.2) is 4.39 Å². The maximum atomic E-state index is 15.1. The predicted octanol–water partition coefficient (Wildman–Crippen LogP) is 3.99. The van der Waals surface area contributed by atoms with Gasteiger partial charge < -0.3 is 10.6 Å². The normalized spacial score (nSPS) is 12.4. The van der Waals surface area contributed by atoms with Gasteiger partial charge in [0.15, 0.2) is 0 Å². The van der Waals surface area contributed by atoms with Gasteiger partial charge in [0.1, 0.15) is 5.82 Å². The lowest BCUT2D eigenvalue weighted by Gasteiger charge is -2.27. The van der Waals surface area contributed by atoms with Gasteiger partial charge in [-0.15, -0.1) is 0 Å². The smallest absolute Gasteiger partial charge is 0.265 e. The first-order valence-corrected chi connectivity index (χ1v) is 9.92. The molecule has 3 aromatic rings. The number of nitrogens with two attached hydrogens (primary N) is 1. The first-order valence-electron chi connectivity index (χ1n) is 9.54. The van der Waals surface area contributed by atoms with Crippen LogP contribution in [-0.4, -0.2) is 31.8 Å². The topological polar surface area (TPSA) is 95.7 Å². The Bertz CT molecular complexity index is 1290. The monoisotopic (exact) mass is 452 g/mol. The van der Waals surface area contributed by atoms with E-state index in [-0.39, 0.29) is 38.8 Å². The van der Waals surface area contributed by atoms with E-state index in [1.807, 2.05) is 0 Å². The summed E-state index contributed by atoms with van der Waals surface area (Å²) >= 11 is 5.95. The van der Waals surface area contributed by atoms with Crippen molar-refractivity contribution in [2.24, 2.45) is 0 Å². The minimum Gasteiger partial charge on any atom is -0.397 e. The van der Waals surface area contributed by atoms with Crippen LogP contribution in [0.1, 0.15) is 31.1 Å². The molecule has 0 spiro atoms. The summed E-state index contributed by atoms with van der Waals surface area (Å²) in [6.07, 6.45) is 0. The second-order valence-electron chi connectivity index (χ2n) is 7.36. The summed E-state index contributed by atoms with van der Waals surface area (Å²) in [5, 5.41) is 2.19. The fraction of sp³-hybridized carbons (Fsp3) is 0.0870. The van der Waals surface area contributed by atoms with Gasteiger partial charge in [-0.3, -0.25) is 24.6 Å². The van der Waals surface area contributed by atoms with Crippen LogP contribution in [0.5, 0.6) is 0 Å². The number of para-hydroxylation sites is 1. The standard InChI is InChI=1S/C23H18ClFN4O3/c1-28(2)17-8-4-3-6-12(17)23(32)29(19-11-16(26)14(24)10-15(19)25)18-9-5-7-13-20(18)22(31)27-21(13)30/h3-11H,26H2,1-2H3,(H,27,30,31). The van der Waals surface area contributed by atoms with Crippen LogP contribution in [0.2, 0.25) is 5.02 Å². The summed E-state index contributed by atoms with van der Waals surface area (Å²) in [6, 6.07) is 13.4. The minimum atomic E-state index is -0.817. The number of imide groups is 1. The molecule has 0 unspecified atom stereocenters. The van der Waals surface area contributed by atoms with Crippen molar-refractivity contribution >= 4 is 52.1 Å². The molecule has 0 atom stereocenters. The van der Waals surface area contributed by atoms with Crippen LogP contribution in [0.3, 0.4) is 0 Å². The van der Waals surface area contributed by atoms with E-state index >= 15 is 4.39 Å². The number of hydrogen-bond acceptors (Lipinski definition) is 5. The molecule has 1 aliphatic heterocycles. The molecule has 4 rings (SSSR count). The molecule has 9 heteroatoms. The third-order valence-electron chi connectivity index (χ3n) is 5.11. The molecule has 0 fully saturated rings. The molecular weight excluding hydrogens is 435 g/mol. The van der Waals surface area contributed by atoms with E-state index in [4.69, 9.17) is 17.3 Å². The fourth-order valence-corrected chi connectivity index (χ4v) is 3.78. The fourth-order valence-electron chi connectivity index (χ4n) is 3.63. The van der Waals surface area contributed by atoms with Crippen LogP contribution in [0.15, 0.2) is 54.6 Å². The summed E-state index contributed by atoms with van der Waals surface area (Å²) in [4.78, 5) is 41.4. The average Bonchev–Trinajstić information content (AvgIpc) is 3.06. The van der Waals surface area contributed by atoms with E-state index in [0.717, 1.165) is 11.0 Å². The molecule has 0 aliphatic carbocycles. The van der Waals surface area contributed by atoms with E-state index in [9.17, 15) is 14.4 Å². The summed E-state index contributed by atoms with van der Waals surface area (Å²) in [5.74, 6) is -2.71. The Hall–Kier alpha value is -3.91. The SMILES string of the molecule is CN(C)c1ccccc1C(=O)N(c1cc(N)c(Cl)cc1F)c1cccc2c1C(=O)NC2=O. The van der Waals surface area contributed by atoms with Crippen molar-refractivity contribution in [1.29, 1.82) is 0 Å². The molecule has 0 radical (unpaired) electrons. The van der Waals surface area contributed by atoms with Crippen molar-refractivity contribution in [3.63, 3.8) is 0 Å². The molecular formula is C23H18ClFN4O3. The molecule has 7 nitrogen and oxygen atoms in total. The molecule has 162 valence electrons. The van der Waals surface area contributed by atoms with E-state index in [1.54, 1.807) is 43.3 Å². The summed E-state index contributed by atoms with van der Waals surface area (Å²) in [7, 11) is 3.54. The Morgan fingerprint density at radius 3 is 2.38 bits per heavy atom. The van der Waals surface area contributed by atoms with Crippen molar-refractivity contribution < 1.29 is 18.8 Å². The van der Waals surface area contributed by atoms with E-state index in [0.29, 0.717) is 5.69 Å². The van der Waals surface area contributed by atoms with Gasteiger partial charge in [0.25, 0.3) is 17.7 Å². The van der Waals surface area contributed by atoms with E-state index in [2.05, 4.69) is 5.32 Å². The Labute approximate surface area is 188 Å². The van der Waals surface area contributed by atoms with Crippen LogP contribution < -0.4 is 20.9 Å². The quantitative estimate of drug-likeness (QED) is 0.461. The zero-order valence-corrected chi connectivity index (χ0v) is 17.9. The lowest BCUT2D eigenvalue weighted by Crippen LogP contribution is -2.30. The van der Waals surface area contributed by atoms with Crippen molar-refractivity contribution in [1.82, 2.24) is 5.32 Å². The first-order chi connectivity index (χ1) is 15.2. The molecule has 3 aromatic carbocycles. The number of halogens is 2. The second kappa shape index (κ2) is 7.97. The van der Waals surface area contributed by atoms with E-state index < -0.39 is 23.5 Å². The van der Waals surface area contributed by atoms with Gasteiger partial charge >= 0.3 is 0 Å². The van der Waals surface area contributed by atoms with Crippen LogP contribution in [-0.2, 0) is 0 Å². The van der Waals surface area contributed by atoms with Gasteiger partial charge in [-0.2, -0.15) is 0 Å². The molecule has 0 saturated heterocycles. The number of amides is 3. The first kappa shape index (κ1) is 21.3. The van der Waals surface area contributed by atoms with Gasteiger partial charge in [0.2, 0.25) is 0 Å². The minimum absolute atomic E-state index is 0.0152. The number of anilines is 4. The molecule has 3 N–H and O–H groups in total. The van der Waals surface area contributed by atoms with Gasteiger partial charge in [-0.1, -0.05) is 29.8 Å². The highest BCUT2D eigenvalue weighted by molar-refractivity contribution is 6.33. The number of nitrogen functional groups attached to an aromatic ring is 1. The second-order valence-corrected chi connectivity index (χ2v) is 7.77. The highest BCUT2D eigenvalue weighted by atomic mass is 35.5. The third-order valence-corrected chi connectivity index (χ3v) is 5.44. The number of benzene rings is 3. The summed E-state index contributed by atoms with van der Waals surface area (Å²) < 4.78 is 15.1. The van der Waals surface area contributed by atoms with E-state index in [1.165, 1.54) is 24.3 Å². The van der Waals surface area contributed by atoms with Crippen LogP contribution in [0, 0.1) is 5.82 Å². The Kier molecular flexibility index (Phi) is 5.31. The number of nitrogens with zero attached hydrogens (tertiary/aromatic N) is 2. The Balaban J connectivity index is 2.01. The molecule has 0 bridgehead atoms. The lowest BCUT2D eigenvalue weighted by molar-refractivity contribution is 0.0879. The molecule has 3 amide bonds. The molecule has 32 heavy (non-hydrogen) atoms. The summed E-state index contributed by atoms with van der Waals surface area (Å²) in [6.45, 7) is 0.